The van der Waals surface area contributed by atoms with Gasteiger partial charge in [-0.15, -0.1) is 0 Å². The average molecular weight is 354 g/mol. The first-order valence-corrected chi connectivity index (χ1v) is 8.90. The second kappa shape index (κ2) is 6.81. The maximum absolute atomic E-state index is 6.05. The number of rotatable bonds is 3. The Kier molecular flexibility index (Phi) is 4.36. The minimum atomic E-state index is 0.738. The van der Waals surface area contributed by atoms with Gasteiger partial charge in [0.25, 0.3) is 0 Å². The van der Waals surface area contributed by atoms with E-state index in [-0.39, 0.29) is 0 Å². The van der Waals surface area contributed by atoms with Crippen LogP contribution in [-0.2, 0) is 6.42 Å². The van der Waals surface area contributed by atoms with Gasteiger partial charge in [-0.25, -0.2) is 4.68 Å². The highest BCUT2D eigenvalue weighted by Crippen LogP contribution is 2.34. The Hall–Kier alpha value is -2.46. The SMILES string of the molecule is COc1ccc(-n2nc(-c3ccc(Cl)cc3)c3c2NCCCC3)cc1. The van der Waals surface area contributed by atoms with E-state index in [1.165, 1.54) is 5.56 Å². The van der Waals surface area contributed by atoms with Crippen LogP contribution < -0.4 is 10.1 Å². The zero-order valence-electron chi connectivity index (χ0n) is 14.1. The van der Waals surface area contributed by atoms with Crippen LogP contribution in [0.25, 0.3) is 16.9 Å². The lowest BCUT2D eigenvalue weighted by Gasteiger charge is -2.09. The van der Waals surface area contributed by atoms with E-state index in [0.717, 1.165) is 59.3 Å². The van der Waals surface area contributed by atoms with Crippen LogP contribution in [0.3, 0.4) is 0 Å². The number of benzene rings is 2. The fourth-order valence-electron chi connectivity index (χ4n) is 3.25. The van der Waals surface area contributed by atoms with Crippen molar-refractivity contribution < 1.29 is 4.74 Å². The number of nitrogens with zero attached hydrogens (tertiary/aromatic N) is 2. The van der Waals surface area contributed by atoms with Gasteiger partial charge in [0.05, 0.1) is 18.5 Å². The highest BCUT2D eigenvalue weighted by molar-refractivity contribution is 6.30. The standard InChI is InChI=1S/C20H20ClN3O/c1-25-17-11-9-16(10-12-17)24-20-18(4-2-3-13-22-20)19(23-24)14-5-7-15(21)8-6-14/h5-12,22H,2-4,13H2,1H3. The van der Waals surface area contributed by atoms with Crippen molar-refractivity contribution in [1.29, 1.82) is 0 Å². The number of fused-ring (bicyclic) bond motifs is 1. The van der Waals surface area contributed by atoms with Gasteiger partial charge in [0.1, 0.15) is 11.6 Å². The summed E-state index contributed by atoms with van der Waals surface area (Å²) < 4.78 is 7.27. The molecule has 1 aliphatic heterocycles. The van der Waals surface area contributed by atoms with Crippen molar-refractivity contribution in [2.75, 3.05) is 19.0 Å². The summed E-state index contributed by atoms with van der Waals surface area (Å²) in [7, 11) is 1.68. The van der Waals surface area contributed by atoms with E-state index in [9.17, 15) is 0 Å². The summed E-state index contributed by atoms with van der Waals surface area (Å²) in [5.41, 5.74) is 4.41. The minimum absolute atomic E-state index is 0.738. The number of halogens is 1. The number of hydrogen-bond acceptors (Lipinski definition) is 3. The monoisotopic (exact) mass is 353 g/mol. The minimum Gasteiger partial charge on any atom is -0.497 e. The van der Waals surface area contributed by atoms with Crippen molar-refractivity contribution in [2.24, 2.45) is 0 Å². The van der Waals surface area contributed by atoms with E-state index in [1.807, 2.05) is 53.2 Å². The summed E-state index contributed by atoms with van der Waals surface area (Å²) in [6, 6.07) is 15.9. The maximum Gasteiger partial charge on any atom is 0.133 e. The first-order valence-electron chi connectivity index (χ1n) is 8.52. The van der Waals surface area contributed by atoms with Crippen LogP contribution in [0.2, 0.25) is 5.02 Å². The maximum atomic E-state index is 6.05. The van der Waals surface area contributed by atoms with Gasteiger partial charge in [0.2, 0.25) is 0 Å². The van der Waals surface area contributed by atoms with E-state index in [0.29, 0.717) is 0 Å². The van der Waals surface area contributed by atoms with Crippen molar-refractivity contribution >= 4 is 17.4 Å². The molecule has 0 saturated heterocycles. The summed E-state index contributed by atoms with van der Waals surface area (Å²) in [4.78, 5) is 0. The van der Waals surface area contributed by atoms with Gasteiger partial charge >= 0.3 is 0 Å². The van der Waals surface area contributed by atoms with E-state index < -0.39 is 0 Å². The predicted octanol–water partition coefficient (Wildman–Crippen LogP) is 4.95. The van der Waals surface area contributed by atoms with Crippen LogP contribution in [0.1, 0.15) is 18.4 Å². The Labute approximate surface area is 152 Å². The molecular weight excluding hydrogens is 334 g/mol. The van der Waals surface area contributed by atoms with Crippen LogP contribution in [0.5, 0.6) is 5.75 Å². The molecule has 4 rings (SSSR count). The fourth-order valence-corrected chi connectivity index (χ4v) is 3.38. The molecule has 0 amide bonds. The summed E-state index contributed by atoms with van der Waals surface area (Å²) in [6.45, 7) is 0.967. The molecule has 0 unspecified atom stereocenters. The van der Waals surface area contributed by atoms with Crippen molar-refractivity contribution in [3.63, 3.8) is 0 Å². The Morgan fingerprint density at radius 2 is 1.80 bits per heavy atom. The van der Waals surface area contributed by atoms with E-state index >= 15 is 0 Å². The molecule has 0 radical (unpaired) electrons. The predicted molar refractivity (Wildman–Crippen MR) is 102 cm³/mol. The van der Waals surface area contributed by atoms with Gasteiger partial charge in [0.15, 0.2) is 0 Å². The molecule has 25 heavy (non-hydrogen) atoms. The molecule has 0 spiro atoms. The molecule has 0 aliphatic carbocycles. The number of nitrogens with one attached hydrogen (secondary N) is 1. The molecule has 0 bridgehead atoms. The lowest BCUT2D eigenvalue weighted by molar-refractivity contribution is 0.414. The molecule has 0 fully saturated rings. The van der Waals surface area contributed by atoms with E-state index in [4.69, 9.17) is 21.4 Å². The van der Waals surface area contributed by atoms with Crippen LogP contribution in [0.4, 0.5) is 5.82 Å². The molecule has 0 saturated carbocycles. The van der Waals surface area contributed by atoms with Crippen LogP contribution in [-0.4, -0.2) is 23.4 Å². The number of anilines is 1. The van der Waals surface area contributed by atoms with Crippen molar-refractivity contribution in [3.05, 3.63) is 59.1 Å². The van der Waals surface area contributed by atoms with Crippen LogP contribution in [0, 0.1) is 0 Å². The molecule has 1 aliphatic rings. The molecule has 4 nitrogen and oxygen atoms in total. The summed E-state index contributed by atoms with van der Waals surface area (Å²) >= 11 is 6.05. The summed E-state index contributed by atoms with van der Waals surface area (Å²) in [6.07, 6.45) is 3.35. The Morgan fingerprint density at radius 3 is 2.52 bits per heavy atom. The Balaban J connectivity index is 1.85. The van der Waals surface area contributed by atoms with Gasteiger partial charge in [-0.1, -0.05) is 23.7 Å². The molecule has 2 aromatic carbocycles. The summed E-state index contributed by atoms with van der Waals surface area (Å²) in [5, 5.41) is 9.23. The third-order valence-electron chi connectivity index (χ3n) is 4.56. The van der Waals surface area contributed by atoms with Gasteiger partial charge in [-0.3, -0.25) is 0 Å². The third-order valence-corrected chi connectivity index (χ3v) is 4.82. The number of ether oxygens (including phenoxy) is 1. The van der Waals surface area contributed by atoms with Crippen LogP contribution >= 0.6 is 11.6 Å². The smallest absolute Gasteiger partial charge is 0.133 e. The molecule has 5 heteroatoms. The van der Waals surface area contributed by atoms with Crippen molar-refractivity contribution in [1.82, 2.24) is 9.78 Å². The lowest BCUT2D eigenvalue weighted by atomic mass is 10.0. The second-order valence-electron chi connectivity index (χ2n) is 6.18. The first-order chi connectivity index (χ1) is 12.3. The Bertz CT molecular complexity index is 869. The molecular formula is C20H20ClN3O. The quantitative estimate of drug-likeness (QED) is 0.724. The first kappa shape index (κ1) is 16.0. The molecule has 2 heterocycles. The average Bonchev–Trinajstić information content (AvgIpc) is 2.84. The van der Waals surface area contributed by atoms with Gasteiger partial charge in [0, 0.05) is 22.7 Å². The zero-order valence-corrected chi connectivity index (χ0v) is 14.9. The van der Waals surface area contributed by atoms with Gasteiger partial charge < -0.3 is 10.1 Å². The third kappa shape index (κ3) is 3.10. The largest absolute Gasteiger partial charge is 0.497 e. The van der Waals surface area contributed by atoms with Gasteiger partial charge in [-0.05, 0) is 55.7 Å². The molecule has 1 aromatic heterocycles. The highest BCUT2D eigenvalue weighted by atomic mass is 35.5. The van der Waals surface area contributed by atoms with E-state index in [2.05, 4.69) is 5.32 Å². The van der Waals surface area contributed by atoms with E-state index in [1.54, 1.807) is 7.11 Å². The second-order valence-corrected chi connectivity index (χ2v) is 6.61. The molecule has 128 valence electrons. The van der Waals surface area contributed by atoms with Gasteiger partial charge in [-0.2, -0.15) is 5.10 Å². The molecule has 1 N–H and O–H groups in total. The van der Waals surface area contributed by atoms with Crippen molar-refractivity contribution in [2.45, 2.75) is 19.3 Å². The lowest BCUT2D eigenvalue weighted by Crippen LogP contribution is -2.07. The topological polar surface area (TPSA) is 39.1 Å². The van der Waals surface area contributed by atoms with Crippen LogP contribution in [0.15, 0.2) is 48.5 Å². The molecule has 0 atom stereocenters. The summed E-state index contributed by atoms with van der Waals surface area (Å²) in [5.74, 6) is 1.93. The number of hydrogen-bond donors (Lipinski definition) is 1. The number of methoxy groups -OCH3 is 1. The normalized spacial score (nSPS) is 13.7. The highest BCUT2D eigenvalue weighted by Gasteiger charge is 2.21. The Morgan fingerprint density at radius 1 is 1.04 bits per heavy atom. The molecule has 3 aromatic rings. The fraction of sp³-hybridized carbons (Fsp3) is 0.250. The zero-order chi connectivity index (χ0) is 17.2. The van der Waals surface area contributed by atoms with Crippen molar-refractivity contribution in [3.8, 4) is 22.7 Å². The number of aromatic nitrogens is 2.